The zero-order valence-corrected chi connectivity index (χ0v) is 17.6. The van der Waals surface area contributed by atoms with Gasteiger partial charge >= 0.3 is 13.6 Å². The molecule has 1 aromatic heterocycles. The van der Waals surface area contributed by atoms with Gasteiger partial charge in [0.1, 0.15) is 16.0 Å². The van der Waals surface area contributed by atoms with Gasteiger partial charge in [-0.1, -0.05) is 32.1 Å². The van der Waals surface area contributed by atoms with Crippen LogP contribution < -0.4 is 10.3 Å². The molecule has 4 rings (SSSR count). The highest BCUT2D eigenvalue weighted by atomic mass is 32.1. The fourth-order valence-corrected chi connectivity index (χ4v) is 4.50. The molecule has 0 spiro atoms. The summed E-state index contributed by atoms with van der Waals surface area (Å²) in [6.45, 7) is 3.73. The van der Waals surface area contributed by atoms with Crippen LogP contribution in [0.25, 0.3) is 16.7 Å². The van der Waals surface area contributed by atoms with E-state index >= 15 is 0 Å². The molecule has 7 nitrogen and oxygen atoms in total. The molecule has 0 saturated carbocycles. The first-order chi connectivity index (χ1) is 13.6. The second kappa shape index (κ2) is 7.22. The Labute approximate surface area is 171 Å². The molecular weight excluding hydrogens is 413 g/mol. The van der Waals surface area contributed by atoms with Gasteiger partial charge in [-0.3, -0.25) is 9.79 Å². The minimum absolute atomic E-state index is 0.0336. The Morgan fingerprint density at radius 3 is 2.59 bits per heavy atom. The third-order valence-corrected chi connectivity index (χ3v) is 5.94. The van der Waals surface area contributed by atoms with Crippen LogP contribution >= 0.6 is 20.0 Å². The smallest absolute Gasteiger partial charge is 0.409 e. The van der Waals surface area contributed by atoms with Crippen LogP contribution in [0.15, 0.2) is 39.5 Å². The van der Waals surface area contributed by atoms with Crippen molar-refractivity contribution < 1.29 is 23.3 Å². The lowest BCUT2D eigenvalue weighted by atomic mass is 10.0. The van der Waals surface area contributed by atoms with Gasteiger partial charge in [0.15, 0.2) is 0 Å². The van der Waals surface area contributed by atoms with E-state index in [2.05, 4.69) is 0 Å². The van der Waals surface area contributed by atoms with Crippen LogP contribution in [-0.2, 0) is 17.4 Å². The van der Waals surface area contributed by atoms with E-state index in [1.165, 1.54) is 21.8 Å². The van der Waals surface area contributed by atoms with E-state index in [0.29, 0.717) is 16.6 Å². The van der Waals surface area contributed by atoms with Crippen molar-refractivity contribution in [2.24, 2.45) is 0 Å². The third-order valence-electron chi connectivity index (χ3n) is 5.10. The molecular formula is C20H20NO6PS. The number of phosphoric acid groups is 1. The molecule has 152 valence electrons. The molecule has 0 atom stereocenters. The normalized spacial score (nSPS) is 13.8. The van der Waals surface area contributed by atoms with Gasteiger partial charge in [0.25, 0.3) is 0 Å². The molecule has 0 bridgehead atoms. The van der Waals surface area contributed by atoms with Crippen molar-refractivity contribution in [1.82, 2.24) is 4.57 Å². The van der Waals surface area contributed by atoms with Crippen molar-refractivity contribution in [2.45, 2.75) is 39.0 Å². The topological polar surface area (TPSA) is 102 Å². The van der Waals surface area contributed by atoms with Crippen molar-refractivity contribution in [3.8, 4) is 11.4 Å². The van der Waals surface area contributed by atoms with Crippen molar-refractivity contribution in [2.75, 3.05) is 0 Å². The summed E-state index contributed by atoms with van der Waals surface area (Å²) in [7, 11) is -4.77. The maximum atomic E-state index is 12.7. The summed E-state index contributed by atoms with van der Waals surface area (Å²) in [5, 5.41) is 0.502. The van der Waals surface area contributed by atoms with Gasteiger partial charge in [-0.2, -0.15) is 0 Å². The van der Waals surface area contributed by atoms with Crippen molar-refractivity contribution in [3.05, 3.63) is 62.2 Å². The maximum Gasteiger partial charge on any atom is 0.524 e. The van der Waals surface area contributed by atoms with E-state index < -0.39 is 13.6 Å². The summed E-state index contributed by atoms with van der Waals surface area (Å²) in [5.41, 5.74) is 3.81. The Balaban J connectivity index is 1.95. The van der Waals surface area contributed by atoms with Gasteiger partial charge in [0.2, 0.25) is 0 Å². The van der Waals surface area contributed by atoms with Crippen LogP contribution in [0.2, 0.25) is 0 Å². The first kappa shape index (κ1) is 20.0. The fourth-order valence-electron chi connectivity index (χ4n) is 3.75. The highest BCUT2D eigenvalue weighted by molar-refractivity contribution is 7.71. The summed E-state index contributed by atoms with van der Waals surface area (Å²) in [6.07, 6.45) is 3.10. The third kappa shape index (κ3) is 3.81. The highest BCUT2D eigenvalue weighted by Gasteiger charge is 2.22. The van der Waals surface area contributed by atoms with Gasteiger partial charge in [-0.05, 0) is 60.1 Å². The number of aromatic nitrogens is 1. The number of phosphoric ester groups is 1. The monoisotopic (exact) mass is 433 g/mol. The number of nitrogens with zero attached hydrogens (tertiary/aromatic N) is 1. The standard InChI is InChI=1S/C20H20NO6PS/c1-11(2)15-9-16-17(10-18(15)27-28(23,24)25)26-20(22)21(19(16)29)14-7-6-12-4-3-5-13(12)8-14/h6-11H,3-5H2,1-2H3,(H2,23,24,25). The highest BCUT2D eigenvalue weighted by Crippen LogP contribution is 2.42. The minimum Gasteiger partial charge on any atom is -0.409 e. The summed E-state index contributed by atoms with van der Waals surface area (Å²) in [5.74, 6) is -0.802. The first-order valence-corrected chi connectivity index (χ1v) is 11.2. The predicted octanol–water partition coefficient (Wildman–Crippen LogP) is 4.40. The molecule has 1 heterocycles. The molecule has 29 heavy (non-hydrogen) atoms. The lowest BCUT2D eigenvalue weighted by Crippen LogP contribution is -2.18. The van der Waals surface area contributed by atoms with Crippen LogP contribution in [0, 0.1) is 4.64 Å². The zero-order chi connectivity index (χ0) is 20.9. The molecule has 2 N–H and O–H groups in total. The molecule has 2 aromatic carbocycles. The van der Waals surface area contributed by atoms with Crippen LogP contribution in [0.4, 0.5) is 0 Å². The van der Waals surface area contributed by atoms with E-state index in [1.54, 1.807) is 6.07 Å². The van der Waals surface area contributed by atoms with Gasteiger partial charge in [-0.25, -0.2) is 13.9 Å². The molecule has 0 aliphatic heterocycles. The quantitative estimate of drug-likeness (QED) is 0.465. The summed E-state index contributed by atoms with van der Waals surface area (Å²) >= 11 is 5.60. The second-order valence-corrected chi connectivity index (χ2v) is 8.99. The number of hydrogen-bond donors (Lipinski definition) is 2. The van der Waals surface area contributed by atoms with E-state index in [-0.39, 0.29) is 21.9 Å². The van der Waals surface area contributed by atoms with Crippen LogP contribution in [0.1, 0.15) is 42.9 Å². The predicted molar refractivity (Wildman–Crippen MR) is 111 cm³/mol. The average Bonchev–Trinajstić information content (AvgIpc) is 3.07. The summed E-state index contributed by atoms with van der Waals surface area (Å²) in [4.78, 5) is 31.1. The van der Waals surface area contributed by atoms with Crippen LogP contribution in [-0.4, -0.2) is 14.4 Å². The van der Waals surface area contributed by atoms with E-state index in [4.69, 9.17) is 21.2 Å². The maximum absolute atomic E-state index is 12.7. The SMILES string of the molecule is CC(C)c1cc2c(=S)n(-c3ccc4c(c3)CCC4)c(=O)oc2cc1OP(=O)(O)O. The lowest BCUT2D eigenvalue weighted by Gasteiger charge is -2.16. The van der Waals surface area contributed by atoms with Crippen LogP contribution in [0.3, 0.4) is 0 Å². The molecule has 0 fully saturated rings. The minimum atomic E-state index is -4.77. The number of aryl methyl sites for hydroxylation is 2. The molecule has 0 saturated heterocycles. The number of benzene rings is 2. The molecule has 0 radical (unpaired) electrons. The Morgan fingerprint density at radius 1 is 1.17 bits per heavy atom. The average molecular weight is 433 g/mol. The van der Waals surface area contributed by atoms with E-state index in [1.807, 2.05) is 32.0 Å². The largest absolute Gasteiger partial charge is 0.524 e. The van der Waals surface area contributed by atoms with Crippen molar-refractivity contribution >= 4 is 31.0 Å². The number of hydrogen-bond acceptors (Lipinski definition) is 5. The molecule has 9 heteroatoms. The summed E-state index contributed by atoms with van der Waals surface area (Å²) in [6, 6.07) is 8.82. The lowest BCUT2D eigenvalue weighted by molar-refractivity contribution is 0.282. The Kier molecular flexibility index (Phi) is 4.99. The van der Waals surface area contributed by atoms with Gasteiger partial charge in [-0.15, -0.1) is 0 Å². The number of rotatable bonds is 4. The zero-order valence-electron chi connectivity index (χ0n) is 15.9. The molecule has 1 aliphatic carbocycles. The molecule has 0 amide bonds. The Bertz CT molecular complexity index is 1290. The van der Waals surface area contributed by atoms with Gasteiger partial charge < -0.3 is 8.94 Å². The van der Waals surface area contributed by atoms with Gasteiger partial charge in [0, 0.05) is 6.07 Å². The fraction of sp³-hybridized carbons (Fsp3) is 0.300. The van der Waals surface area contributed by atoms with Crippen LogP contribution in [0.5, 0.6) is 5.75 Å². The molecule has 3 aromatic rings. The molecule has 0 unspecified atom stereocenters. The molecule has 1 aliphatic rings. The Morgan fingerprint density at radius 2 is 1.90 bits per heavy atom. The first-order valence-electron chi connectivity index (χ1n) is 9.25. The summed E-state index contributed by atoms with van der Waals surface area (Å²) < 4.78 is 23.2. The number of fused-ring (bicyclic) bond motifs is 2. The van der Waals surface area contributed by atoms with E-state index in [9.17, 15) is 19.1 Å². The van der Waals surface area contributed by atoms with Crippen molar-refractivity contribution in [1.29, 1.82) is 0 Å². The van der Waals surface area contributed by atoms with Gasteiger partial charge in [0.05, 0.1) is 11.1 Å². The van der Waals surface area contributed by atoms with E-state index in [0.717, 1.165) is 19.3 Å². The Hall–Kier alpha value is -2.25. The second-order valence-electron chi connectivity index (χ2n) is 7.44. The van der Waals surface area contributed by atoms with Crippen molar-refractivity contribution in [3.63, 3.8) is 0 Å².